The molecule has 6 rings (SSSR count). The van der Waals surface area contributed by atoms with Gasteiger partial charge < -0.3 is 23.9 Å². The quantitative estimate of drug-likeness (QED) is 0.214. The van der Waals surface area contributed by atoms with Crippen LogP contribution in [0.3, 0.4) is 0 Å². The van der Waals surface area contributed by atoms with Crippen LogP contribution >= 0.6 is 0 Å². The van der Waals surface area contributed by atoms with E-state index in [0.29, 0.717) is 16.6 Å². The van der Waals surface area contributed by atoms with Gasteiger partial charge in [-0.15, -0.1) is 0 Å². The summed E-state index contributed by atoms with van der Waals surface area (Å²) in [5.74, 6) is -2.08. The van der Waals surface area contributed by atoms with E-state index in [1.165, 1.54) is 10.8 Å². The third kappa shape index (κ3) is 5.92. The van der Waals surface area contributed by atoms with Gasteiger partial charge in [0.25, 0.3) is 0 Å². The minimum absolute atomic E-state index is 0.236. The first kappa shape index (κ1) is 27.6. The summed E-state index contributed by atoms with van der Waals surface area (Å²) >= 11 is 0. The van der Waals surface area contributed by atoms with Crippen LogP contribution in [0.25, 0.3) is 11.0 Å². The number of nitrogens with one attached hydrogen (secondary N) is 1. The number of aromatic amines is 1. The van der Waals surface area contributed by atoms with E-state index in [2.05, 4.69) is 9.97 Å². The molecule has 0 spiro atoms. The second kappa shape index (κ2) is 12.1. The van der Waals surface area contributed by atoms with Crippen LogP contribution in [0.15, 0.2) is 114 Å². The van der Waals surface area contributed by atoms with Crippen molar-refractivity contribution in [1.82, 2.24) is 14.5 Å². The first-order valence-corrected chi connectivity index (χ1v) is 13.4. The minimum atomic E-state index is -1.32. The molecule has 1 aliphatic heterocycles. The zero-order valence-corrected chi connectivity index (χ0v) is 22.6. The molecule has 0 radical (unpaired) electrons. The van der Waals surface area contributed by atoms with Crippen LogP contribution in [-0.2, 0) is 18.9 Å². The molecule has 0 bridgehead atoms. The van der Waals surface area contributed by atoms with Crippen molar-refractivity contribution in [2.24, 2.45) is 0 Å². The van der Waals surface area contributed by atoms with Crippen molar-refractivity contribution in [3.05, 3.63) is 137 Å². The molecule has 216 valence electrons. The molecule has 11 heteroatoms. The van der Waals surface area contributed by atoms with E-state index < -0.39 is 48.1 Å². The number of benzene rings is 3. The number of ether oxygens (including phenoxy) is 4. The average molecular weight is 580 g/mol. The number of hydrogen-bond acceptors (Lipinski definition) is 9. The molecule has 0 aliphatic carbocycles. The lowest BCUT2D eigenvalue weighted by Crippen LogP contribution is -2.42. The Morgan fingerprint density at radius 3 is 1.86 bits per heavy atom. The summed E-state index contributed by atoms with van der Waals surface area (Å²) < 4.78 is 24.7. The van der Waals surface area contributed by atoms with E-state index in [-0.39, 0.29) is 17.7 Å². The van der Waals surface area contributed by atoms with E-state index in [1.54, 1.807) is 103 Å². The molecule has 3 heterocycles. The predicted octanol–water partition coefficient (Wildman–Crippen LogP) is 3.93. The van der Waals surface area contributed by atoms with Crippen LogP contribution in [-0.4, -0.2) is 57.4 Å². The smallest absolute Gasteiger partial charge is 0.351 e. The van der Waals surface area contributed by atoms with Gasteiger partial charge in [0.05, 0.1) is 16.7 Å². The van der Waals surface area contributed by atoms with Gasteiger partial charge in [-0.25, -0.2) is 19.2 Å². The highest BCUT2D eigenvalue weighted by Gasteiger charge is 2.51. The van der Waals surface area contributed by atoms with Gasteiger partial charge in [-0.05, 0) is 42.5 Å². The number of H-pyrrole nitrogens is 1. The Balaban J connectivity index is 1.37. The second-order valence-corrected chi connectivity index (χ2v) is 9.71. The Hall–Kier alpha value is -5.55. The maximum absolute atomic E-state index is 13.3. The number of fused-ring (bicyclic) bond motifs is 1. The van der Waals surface area contributed by atoms with Crippen LogP contribution in [0.4, 0.5) is 0 Å². The van der Waals surface area contributed by atoms with Crippen molar-refractivity contribution in [1.29, 1.82) is 0 Å². The van der Waals surface area contributed by atoms with Gasteiger partial charge in [-0.1, -0.05) is 54.6 Å². The summed E-state index contributed by atoms with van der Waals surface area (Å²) in [5, 5.41) is 0.591. The van der Waals surface area contributed by atoms with Crippen molar-refractivity contribution in [2.75, 3.05) is 6.61 Å². The highest BCUT2D eigenvalue weighted by molar-refractivity contribution is 5.91. The molecular weight excluding hydrogens is 554 g/mol. The van der Waals surface area contributed by atoms with Crippen molar-refractivity contribution < 1.29 is 33.3 Å². The summed E-state index contributed by atoms with van der Waals surface area (Å²) in [6, 6.07) is 26.5. The Kier molecular flexibility index (Phi) is 7.79. The fraction of sp³-hybridized carbons (Fsp3) is 0.156. The maximum atomic E-state index is 13.3. The molecule has 1 fully saturated rings. The molecular formula is C32H25N3O8. The molecule has 3 aromatic carbocycles. The molecule has 11 nitrogen and oxygen atoms in total. The number of rotatable bonds is 8. The Labute approximate surface area is 244 Å². The van der Waals surface area contributed by atoms with Gasteiger partial charge in [-0.2, -0.15) is 4.98 Å². The second-order valence-electron chi connectivity index (χ2n) is 9.71. The summed E-state index contributed by atoms with van der Waals surface area (Å²) in [7, 11) is 0. The van der Waals surface area contributed by atoms with Gasteiger partial charge in [0.2, 0.25) is 0 Å². The lowest BCUT2D eigenvalue weighted by Gasteiger charge is -2.25. The fourth-order valence-electron chi connectivity index (χ4n) is 4.80. The number of nitrogens with zero attached hydrogens (tertiary/aromatic N) is 2. The van der Waals surface area contributed by atoms with E-state index in [1.807, 2.05) is 0 Å². The van der Waals surface area contributed by atoms with Crippen LogP contribution in [0.1, 0.15) is 37.3 Å². The number of esters is 3. The van der Waals surface area contributed by atoms with Gasteiger partial charge in [0, 0.05) is 17.8 Å². The molecule has 4 atom stereocenters. The van der Waals surface area contributed by atoms with Crippen LogP contribution in [0.2, 0.25) is 0 Å². The molecule has 0 amide bonds. The number of carbonyl (C=O) groups is 3. The van der Waals surface area contributed by atoms with Gasteiger partial charge in [-0.3, -0.25) is 4.57 Å². The minimum Gasteiger partial charge on any atom is -0.459 e. The van der Waals surface area contributed by atoms with Crippen LogP contribution < -0.4 is 5.69 Å². The number of aromatic nitrogens is 3. The molecule has 5 aromatic rings. The molecule has 1 N–H and O–H groups in total. The summed E-state index contributed by atoms with van der Waals surface area (Å²) in [6.45, 7) is -0.370. The fourth-order valence-corrected chi connectivity index (χ4v) is 4.80. The number of hydrogen-bond donors (Lipinski definition) is 1. The Bertz CT molecular complexity index is 1800. The highest BCUT2D eigenvalue weighted by atomic mass is 16.7. The van der Waals surface area contributed by atoms with E-state index >= 15 is 0 Å². The van der Waals surface area contributed by atoms with Crippen molar-refractivity contribution in [3.8, 4) is 0 Å². The van der Waals surface area contributed by atoms with E-state index in [4.69, 9.17) is 18.9 Å². The standard InChI is InChI=1S/C32H25N3O8/c36-29(20-10-4-1-5-11-20)40-19-24-25(42-30(37)21-12-6-2-7-13-21)26(43-31(38)22-14-8-3-9-15-22)28(41-24)35-18-23-16-17-33-27(23)34-32(35)39/h1-18,24-26,28H,19H2,(H,33,34,39)/t24-,25-,26-,28-/m1/s1. The monoisotopic (exact) mass is 579 g/mol. The van der Waals surface area contributed by atoms with Crippen molar-refractivity contribution in [2.45, 2.75) is 24.5 Å². The molecule has 1 saturated heterocycles. The zero-order chi connectivity index (χ0) is 29.8. The molecule has 2 aromatic heterocycles. The van der Waals surface area contributed by atoms with Gasteiger partial charge in [0.15, 0.2) is 18.4 Å². The lowest BCUT2D eigenvalue weighted by atomic mass is 10.1. The Morgan fingerprint density at radius 1 is 0.744 bits per heavy atom. The maximum Gasteiger partial charge on any atom is 0.351 e. The first-order chi connectivity index (χ1) is 21.0. The van der Waals surface area contributed by atoms with Gasteiger partial charge in [0.1, 0.15) is 18.4 Å². The molecule has 1 aliphatic rings. The third-order valence-corrected chi connectivity index (χ3v) is 6.92. The van der Waals surface area contributed by atoms with Crippen molar-refractivity contribution in [3.63, 3.8) is 0 Å². The predicted molar refractivity (Wildman–Crippen MR) is 152 cm³/mol. The van der Waals surface area contributed by atoms with E-state index in [0.717, 1.165) is 0 Å². The SMILES string of the molecule is O=C(OC[C@H]1O[C@@H](n2cc3cc[nH]c3nc2=O)[C@H](OC(=O)c2ccccc2)[C@@H]1OC(=O)c1ccccc1)c1ccccc1. The zero-order valence-electron chi connectivity index (χ0n) is 22.6. The largest absolute Gasteiger partial charge is 0.459 e. The van der Waals surface area contributed by atoms with Crippen LogP contribution in [0.5, 0.6) is 0 Å². The highest BCUT2D eigenvalue weighted by Crippen LogP contribution is 2.35. The molecule has 43 heavy (non-hydrogen) atoms. The normalized spacial score (nSPS) is 19.5. The summed E-state index contributed by atoms with van der Waals surface area (Å²) in [5.41, 5.74) is 0.445. The van der Waals surface area contributed by atoms with E-state index in [9.17, 15) is 19.2 Å². The molecule has 0 unspecified atom stereocenters. The van der Waals surface area contributed by atoms with Gasteiger partial charge >= 0.3 is 23.6 Å². The van der Waals surface area contributed by atoms with Crippen molar-refractivity contribution >= 4 is 28.9 Å². The van der Waals surface area contributed by atoms with Crippen LogP contribution in [0, 0.1) is 0 Å². The number of carbonyl (C=O) groups excluding carboxylic acids is 3. The molecule has 0 saturated carbocycles. The average Bonchev–Trinajstić information content (AvgIpc) is 3.64. The first-order valence-electron chi connectivity index (χ1n) is 13.4. The third-order valence-electron chi connectivity index (χ3n) is 6.92. The summed E-state index contributed by atoms with van der Waals surface area (Å²) in [6.07, 6.45) is -1.86. The lowest BCUT2D eigenvalue weighted by molar-refractivity contribution is -0.0637. The Morgan fingerprint density at radius 2 is 1.28 bits per heavy atom. The summed E-state index contributed by atoms with van der Waals surface area (Å²) in [4.78, 5) is 59.4. The topological polar surface area (TPSA) is 139 Å².